The molecule has 0 aromatic rings. The number of likely N-dealkylation sites (tertiary alicyclic amines) is 1. The molecule has 1 amide bonds. The minimum Gasteiger partial charge on any atom is -0.444 e. The number of hydrogen-bond donors (Lipinski definition) is 1. The molecule has 0 radical (unpaired) electrons. The van der Waals surface area contributed by atoms with Crippen molar-refractivity contribution in [3.8, 4) is 0 Å². The molecule has 0 saturated carbocycles. The van der Waals surface area contributed by atoms with Crippen LogP contribution in [0.15, 0.2) is 0 Å². The van der Waals surface area contributed by atoms with Gasteiger partial charge in [0.05, 0.1) is 0 Å². The third kappa shape index (κ3) is 5.83. The monoisotopic (exact) mass is 298 g/mol. The maximum absolute atomic E-state index is 12.2. The summed E-state index contributed by atoms with van der Waals surface area (Å²) in [7, 11) is 0. The van der Waals surface area contributed by atoms with E-state index in [2.05, 4.69) is 5.32 Å². The quantitative estimate of drug-likeness (QED) is 0.851. The van der Waals surface area contributed by atoms with Crippen molar-refractivity contribution in [1.82, 2.24) is 10.2 Å². The first-order valence-corrected chi connectivity index (χ1v) is 8.26. The van der Waals surface area contributed by atoms with Gasteiger partial charge in [0.25, 0.3) is 0 Å². The Balaban J connectivity index is 1.81. The maximum atomic E-state index is 12.2. The average molecular weight is 298 g/mol. The summed E-state index contributed by atoms with van der Waals surface area (Å²) in [5, 5.41) is 3.72. The second-order valence-electron chi connectivity index (χ2n) is 7.17. The molecule has 2 aliphatic rings. The van der Waals surface area contributed by atoms with Gasteiger partial charge in [-0.25, -0.2) is 4.79 Å². The minimum atomic E-state index is -0.421. The lowest BCUT2D eigenvalue weighted by atomic mass is 10.0. The van der Waals surface area contributed by atoms with Crippen LogP contribution in [0.25, 0.3) is 0 Å². The molecule has 2 rings (SSSR count). The van der Waals surface area contributed by atoms with Crippen LogP contribution in [-0.4, -0.2) is 55.0 Å². The molecule has 122 valence electrons. The van der Waals surface area contributed by atoms with Crippen LogP contribution in [0.3, 0.4) is 0 Å². The Morgan fingerprint density at radius 1 is 1.14 bits per heavy atom. The molecular weight excluding hydrogens is 268 g/mol. The van der Waals surface area contributed by atoms with E-state index in [1.807, 2.05) is 25.7 Å². The van der Waals surface area contributed by atoms with Crippen molar-refractivity contribution in [2.75, 3.05) is 26.3 Å². The van der Waals surface area contributed by atoms with Gasteiger partial charge in [0.2, 0.25) is 0 Å². The Labute approximate surface area is 128 Å². The van der Waals surface area contributed by atoms with E-state index in [4.69, 9.17) is 9.47 Å². The summed E-state index contributed by atoms with van der Waals surface area (Å²) in [5.74, 6) is 0. The molecule has 0 bridgehead atoms. The number of nitrogens with zero attached hydrogens (tertiary/aromatic N) is 1. The van der Waals surface area contributed by atoms with E-state index in [9.17, 15) is 4.79 Å². The summed E-state index contributed by atoms with van der Waals surface area (Å²) in [5.41, 5.74) is -0.421. The van der Waals surface area contributed by atoms with E-state index in [-0.39, 0.29) is 6.09 Å². The Morgan fingerprint density at radius 2 is 1.90 bits per heavy atom. The van der Waals surface area contributed by atoms with Gasteiger partial charge in [0.1, 0.15) is 5.60 Å². The van der Waals surface area contributed by atoms with Crippen LogP contribution in [-0.2, 0) is 9.47 Å². The predicted octanol–water partition coefficient (Wildman–Crippen LogP) is 2.54. The Hall–Kier alpha value is -0.810. The normalized spacial score (nSPS) is 28.0. The molecule has 0 aliphatic carbocycles. The summed E-state index contributed by atoms with van der Waals surface area (Å²) in [6.07, 6.45) is 5.36. The number of piperidine rings is 1. The molecule has 2 heterocycles. The van der Waals surface area contributed by atoms with Crippen molar-refractivity contribution in [1.29, 1.82) is 0 Å². The zero-order chi connectivity index (χ0) is 15.3. The van der Waals surface area contributed by atoms with Crippen LogP contribution in [0.4, 0.5) is 4.79 Å². The summed E-state index contributed by atoms with van der Waals surface area (Å²) in [6.45, 7) is 9.03. The largest absolute Gasteiger partial charge is 0.444 e. The number of rotatable bonds is 2. The van der Waals surface area contributed by atoms with Crippen molar-refractivity contribution in [3.63, 3.8) is 0 Å². The van der Waals surface area contributed by atoms with Gasteiger partial charge in [0.15, 0.2) is 0 Å². The summed E-state index contributed by atoms with van der Waals surface area (Å²) < 4.78 is 11.0. The summed E-state index contributed by atoms with van der Waals surface area (Å²) in [4.78, 5) is 14.0. The van der Waals surface area contributed by atoms with Crippen LogP contribution >= 0.6 is 0 Å². The van der Waals surface area contributed by atoms with E-state index in [1.54, 1.807) is 0 Å². The predicted molar refractivity (Wildman–Crippen MR) is 82.4 cm³/mol. The van der Waals surface area contributed by atoms with Crippen LogP contribution < -0.4 is 5.32 Å². The van der Waals surface area contributed by atoms with Crippen molar-refractivity contribution >= 4 is 6.09 Å². The minimum absolute atomic E-state index is 0.182. The smallest absolute Gasteiger partial charge is 0.410 e. The van der Waals surface area contributed by atoms with Crippen molar-refractivity contribution < 1.29 is 14.3 Å². The highest BCUT2D eigenvalue weighted by atomic mass is 16.6. The van der Waals surface area contributed by atoms with E-state index < -0.39 is 5.60 Å². The van der Waals surface area contributed by atoms with Crippen molar-refractivity contribution in [3.05, 3.63) is 0 Å². The lowest BCUT2D eigenvalue weighted by Crippen LogP contribution is -2.51. The highest BCUT2D eigenvalue weighted by Crippen LogP contribution is 2.17. The van der Waals surface area contributed by atoms with E-state index >= 15 is 0 Å². The molecule has 5 nitrogen and oxygen atoms in total. The van der Waals surface area contributed by atoms with Gasteiger partial charge in [-0.05, 0) is 52.9 Å². The topological polar surface area (TPSA) is 50.8 Å². The van der Waals surface area contributed by atoms with Crippen LogP contribution in [0.5, 0.6) is 0 Å². The fourth-order valence-corrected chi connectivity index (χ4v) is 3.01. The van der Waals surface area contributed by atoms with Gasteiger partial charge in [-0.2, -0.15) is 0 Å². The molecule has 0 aromatic heterocycles. The fourth-order valence-electron chi connectivity index (χ4n) is 3.01. The molecule has 5 heteroatoms. The number of carbonyl (C=O) groups excluding carboxylic acids is 1. The Bertz CT molecular complexity index is 333. The Morgan fingerprint density at radius 3 is 2.67 bits per heavy atom. The van der Waals surface area contributed by atoms with E-state index in [0.717, 1.165) is 52.0 Å². The molecule has 2 unspecified atom stereocenters. The molecule has 21 heavy (non-hydrogen) atoms. The van der Waals surface area contributed by atoms with Gasteiger partial charge in [-0.15, -0.1) is 0 Å². The number of ether oxygens (including phenoxy) is 2. The molecule has 2 saturated heterocycles. The Kier molecular flexibility index (Phi) is 5.88. The number of carbonyl (C=O) groups is 1. The molecule has 2 aliphatic heterocycles. The van der Waals surface area contributed by atoms with Crippen LogP contribution in [0, 0.1) is 0 Å². The van der Waals surface area contributed by atoms with E-state index in [0.29, 0.717) is 12.1 Å². The molecule has 1 N–H and O–H groups in total. The lowest BCUT2D eigenvalue weighted by Gasteiger charge is -2.36. The molecule has 0 spiro atoms. The highest BCUT2D eigenvalue weighted by molar-refractivity contribution is 5.68. The molecular formula is C16H30N2O3. The average Bonchev–Trinajstić information content (AvgIpc) is 2.66. The molecule has 2 atom stereocenters. The van der Waals surface area contributed by atoms with Gasteiger partial charge < -0.3 is 19.7 Å². The highest BCUT2D eigenvalue weighted by Gasteiger charge is 2.28. The van der Waals surface area contributed by atoms with Gasteiger partial charge in [-0.3, -0.25) is 0 Å². The number of hydrogen-bond acceptors (Lipinski definition) is 4. The number of amides is 1. The van der Waals surface area contributed by atoms with Gasteiger partial charge in [0, 0.05) is 38.4 Å². The van der Waals surface area contributed by atoms with Crippen LogP contribution in [0.1, 0.15) is 52.9 Å². The third-order valence-corrected chi connectivity index (χ3v) is 4.00. The van der Waals surface area contributed by atoms with Gasteiger partial charge in [-0.1, -0.05) is 0 Å². The first kappa shape index (κ1) is 16.6. The first-order valence-electron chi connectivity index (χ1n) is 8.26. The van der Waals surface area contributed by atoms with Gasteiger partial charge >= 0.3 is 6.09 Å². The number of nitrogens with one attached hydrogen (secondary N) is 1. The molecule has 0 aromatic carbocycles. The second kappa shape index (κ2) is 7.45. The lowest BCUT2D eigenvalue weighted by molar-refractivity contribution is 0.0182. The summed E-state index contributed by atoms with van der Waals surface area (Å²) >= 11 is 0. The van der Waals surface area contributed by atoms with Crippen molar-refractivity contribution in [2.24, 2.45) is 0 Å². The zero-order valence-corrected chi connectivity index (χ0v) is 13.7. The van der Waals surface area contributed by atoms with Crippen LogP contribution in [0.2, 0.25) is 0 Å². The van der Waals surface area contributed by atoms with Crippen molar-refractivity contribution in [2.45, 2.75) is 70.6 Å². The molecule has 2 fully saturated rings. The SMILES string of the molecule is CC(C)(C)OC(=O)N1CCCC(NC2CCCOCC2)C1. The maximum Gasteiger partial charge on any atom is 0.410 e. The summed E-state index contributed by atoms with van der Waals surface area (Å²) in [6, 6.07) is 0.908. The third-order valence-electron chi connectivity index (χ3n) is 4.00. The van der Waals surface area contributed by atoms with E-state index in [1.165, 1.54) is 6.42 Å². The standard InChI is InChI=1S/C16H30N2O3/c1-16(2,3)21-15(19)18-9-4-6-14(12-18)17-13-7-5-10-20-11-8-13/h13-14,17H,4-12H2,1-3H3. The zero-order valence-electron chi connectivity index (χ0n) is 13.7. The second-order valence-corrected chi connectivity index (χ2v) is 7.17. The fraction of sp³-hybridized carbons (Fsp3) is 0.938. The first-order chi connectivity index (χ1) is 9.94.